The van der Waals surface area contributed by atoms with E-state index in [4.69, 9.17) is 4.74 Å². The summed E-state index contributed by atoms with van der Waals surface area (Å²) in [5, 5.41) is 6.47. The van der Waals surface area contributed by atoms with E-state index in [1.165, 1.54) is 12.7 Å². The number of halogens is 1. The van der Waals surface area contributed by atoms with Crippen molar-refractivity contribution in [3.63, 3.8) is 0 Å². The van der Waals surface area contributed by atoms with Gasteiger partial charge in [-0.2, -0.15) is 0 Å². The fourth-order valence-corrected chi connectivity index (χ4v) is 3.64. The first kappa shape index (κ1) is 25.3. The molecule has 3 N–H and O–H groups in total. The summed E-state index contributed by atoms with van der Waals surface area (Å²) in [4.78, 5) is 4.44. The average molecular weight is 532 g/mol. The Labute approximate surface area is 190 Å². The first-order valence-corrected chi connectivity index (χ1v) is 10.6. The Morgan fingerprint density at radius 1 is 1.00 bits per heavy atom. The van der Waals surface area contributed by atoms with Gasteiger partial charge in [0.25, 0.3) is 0 Å². The first-order valence-electron chi connectivity index (χ1n) is 9.11. The molecule has 0 saturated carbocycles. The Kier molecular flexibility index (Phi) is 11.8. The molecule has 29 heavy (non-hydrogen) atoms. The summed E-state index contributed by atoms with van der Waals surface area (Å²) in [5.41, 5.74) is 2.10. The van der Waals surface area contributed by atoms with Crippen molar-refractivity contribution < 1.29 is 13.2 Å². The number of ether oxygens (including phenoxy) is 1. The zero-order valence-corrected chi connectivity index (χ0v) is 19.9. The molecule has 0 aliphatic heterocycles. The van der Waals surface area contributed by atoms with Crippen molar-refractivity contribution in [2.45, 2.75) is 17.9 Å². The molecular formula is C20H29IN4O3S. The number of aliphatic imine (C=N–C) groups is 1. The second-order valence-electron chi connectivity index (χ2n) is 6.13. The van der Waals surface area contributed by atoms with E-state index in [2.05, 4.69) is 32.5 Å². The number of rotatable bonds is 10. The summed E-state index contributed by atoms with van der Waals surface area (Å²) in [6, 6.07) is 17.0. The van der Waals surface area contributed by atoms with Crippen LogP contribution >= 0.6 is 24.0 Å². The minimum atomic E-state index is -3.55. The maximum Gasteiger partial charge on any atom is 0.240 e. The monoisotopic (exact) mass is 532 g/mol. The molecule has 0 aliphatic carbocycles. The van der Waals surface area contributed by atoms with Crippen LogP contribution < -0.4 is 15.4 Å². The lowest BCUT2D eigenvalue weighted by Gasteiger charge is -2.13. The minimum Gasteiger partial charge on any atom is -0.383 e. The van der Waals surface area contributed by atoms with E-state index < -0.39 is 10.0 Å². The van der Waals surface area contributed by atoms with Crippen LogP contribution in [-0.4, -0.2) is 48.2 Å². The van der Waals surface area contributed by atoms with Gasteiger partial charge in [0.15, 0.2) is 5.96 Å². The molecular weight excluding hydrogens is 503 g/mol. The Morgan fingerprint density at radius 3 is 2.41 bits per heavy atom. The molecule has 0 heterocycles. The predicted octanol–water partition coefficient (Wildman–Crippen LogP) is 2.14. The summed E-state index contributed by atoms with van der Waals surface area (Å²) in [7, 11) is -0.312. The van der Waals surface area contributed by atoms with Crippen LogP contribution in [0.1, 0.15) is 11.1 Å². The van der Waals surface area contributed by atoms with Crippen LogP contribution in [0.3, 0.4) is 0 Å². The van der Waals surface area contributed by atoms with Gasteiger partial charge in [-0.1, -0.05) is 42.5 Å². The van der Waals surface area contributed by atoms with Crippen LogP contribution in [-0.2, 0) is 27.7 Å². The van der Waals surface area contributed by atoms with Gasteiger partial charge < -0.3 is 15.4 Å². The highest BCUT2D eigenvalue weighted by Crippen LogP contribution is 2.11. The molecule has 2 rings (SSSR count). The standard InChI is InChI=1S/C20H28N4O3S.HI/c1-21-20(22-12-11-17-7-4-3-5-8-17)23-16-18-9-6-10-19(15-18)28(25,26)24-13-14-27-2;/h3-10,15,24H,11-14,16H2,1-2H3,(H2,21,22,23);1H. The van der Waals surface area contributed by atoms with Gasteiger partial charge in [-0.25, -0.2) is 13.1 Å². The third-order valence-corrected chi connectivity index (χ3v) is 5.50. The lowest BCUT2D eigenvalue weighted by atomic mass is 10.1. The number of methoxy groups -OCH3 is 1. The zero-order chi connectivity index (χ0) is 20.2. The van der Waals surface area contributed by atoms with Gasteiger partial charge in [0.05, 0.1) is 11.5 Å². The van der Waals surface area contributed by atoms with Gasteiger partial charge >= 0.3 is 0 Å². The van der Waals surface area contributed by atoms with E-state index in [-0.39, 0.29) is 35.4 Å². The molecule has 9 heteroatoms. The lowest BCUT2D eigenvalue weighted by Crippen LogP contribution is -2.37. The van der Waals surface area contributed by atoms with Crippen molar-refractivity contribution in [3.05, 3.63) is 65.7 Å². The van der Waals surface area contributed by atoms with E-state index in [9.17, 15) is 8.42 Å². The van der Waals surface area contributed by atoms with Crippen LogP contribution in [0, 0.1) is 0 Å². The van der Waals surface area contributed by atoms with E-state index in [1.807, 2.05) is 24.3 Å². The maximum atomic E-state index is 12.3. The lowest BCUT2D eigenvalue weighted by molar-refractivity contribution is 0.204. The molecule has 160 valence electrons. The second-order valence-corrected chi connectivity index (χ2v) is 7.89. The summed E-state index contributed by atoms with van der Waals surface area (Å²) in [5.74, 6) is 0.669. The number of benzene rings is 2. The molecule has 0 atom stereocenters. The number of guanidine groups is 1. The van der Waals surface area contributed by atoms with Crippen molar-refractivity contribution >= 4 is 40.0 Å². The Morgan fingerprint density at radius 2 is 1.72 bits per heavy atom. The molecule has 0 aromatic heterocycles. The quantitative estimate of drug-likeness (QED) is 0.189. The summed E-state index contributed by atoms with van der Waals surface area (Å²) >= 11 is 0. The van der Waals surface area contributed by atoms with Crippen molar-refractivity contribution in [3.8, 4) is 0 Å². The van der Waals surface area contributed by atoms with Gasteiger partial charge in [-0.05, 0) is 29.7 Å². The van der Waals surface area contributed by atoms with Crippen LogP contribution in [0.15, 0.2) is 64.5 Å². The molecule has 0 amide bonds. The van der Waals surface area contributed by atoms with Crippen molar-refractivity contribution in [2.24, 2.45) is 4.99 Å². The highest BCUT2D eigenvalue weighted by Gasteiger charge is 2.13. The molecule has 0 saturated heterocycles. The molecule has 2 aromatic carbocycles. The number of sulfonamides is 1. The number of nitrogens with one attached hydrogen (secondary N) is 3. The predicted molar refractivity (Wildman–Crippen MR) is 127 cm³/mol. The summed E-state index contributed by atoms with van der Waals surface area (Å²) in [6.45, 7) is 1.78. The third-order valence-electron chi connectivity index (χ3n) is 4.04. The third kappa shape index (κ3) is 9.11. The van der Waals surface area contributed by atoms with Crippen LogP contribution in [0.4, 0.5) is 0 Å². The molecule has 0 spiro atoms. The number of hydrogen-bond donors (Lipinski definition) is 3. The fraction of sp³-hybridized carbons (Fsp3) is 0.350. The van der Waals surface area contributed by atoms with E-state index in [0.29, 0.717) is 19.1 Å². The van der Waals surface area contributed by atoms with Gasteiger partial charge in [0.1, 0.15) is 0 Å². The van der Waals surface area contributed by atoms with E-state index >= 15 is 0 Å². The van der Waals surface area contributed by atoms with Crippen LogP contribution in [0.2, 0.25) is 0 Å². The van der Waals surface area contributed by atoms with Gasteiger partial charge in [-0.3, -0.25) is 4.99 Å². The van der Waals surface area contributed by atoms with Gasteiger partial charge in [-0.15, -0.1) is 24.0 Å². The fourth-order valence-electron chi connectivity index (χ4n) is 2.56. The molecule has 0 fully saturated rings. The van der Waals surface area contributed by atoms with Crippen molar-refractivity contribution in [2.75, 3.05) is 33.9 Å². The summed E-state index contributed by atoms with van der Waals surface area (Å²) in [6.07, 6.45) is 0.891. The first-order chi connectivity index (χ1) is 13.5. The summed E-state index contributed by atoms with van der Waals surface area (Å²) < 4.78 is 32.0. The normalized spacial score (nSPS) is 11.6. The highest BCUT2D eigenvalue weighted by molar-refractivity contribution is 14.0. The van der Waals surface area contributed by atoms with Crippen LogP contribution in [0.25, 0.3) is 0 Å². The van der Waals surface area contributed by atoms with Crippen molar-refractivity contribution in [1.82, 2.24) is 15.4 Å². The average Bonchev–Trinajstić information content (AvgIpc) is 2.71. The maximum absolute atomic E-state index is 12.3. The number of nitrogens with zero attached hydrogens (tertiary/aromatic N) is 1. The Hall–Kier alpha value is -1.69. The van der Waals surface area contributed by atoms with Gasteiger partial charge in [0, 0.05) is 33.8 Å². The molecule has 0 radical (unpaired) electrons. The Balaban J connectivity index is 0.00000420. The molecule has 0 bridgehead atoms. The van der Waals surface area contributed by atoms with E-state index in [1.54, 1.807) is 25.2 Å². The highest BCUT2D eigenvalue weighted by atomic mass is 127. The van der Waals surface area contributed by atoms with Crippen LogP contribution in [0.5, 0.6) is 0 Å². The van der Waals surface area contributed by atoms with Gasteiger partial charge in [0.2, 0.25) is 10.0 Å². The van der Waals surface area contributed by atoms with E-state index in [0.717, 1.165) is 18.5 Å². The smallest absolute Gasteiger partial charge is 0.240 e. The number of hydrogen-bond acceptors (Lipinski definition) is 4. The SMILES string of the molecule is CN=C(NCCc1ccccc1)NCc1cccc(S(=O)(=O)NCCOC)c1.I. The Bertz CT molecular complexity index is 861. The molecule has 7 nitrogen and oxygen atoms in total. The van der Waals surface area contributed by atoms with Crippen molar-refractivity contribution in [1.29, 1.82) is 0 Å². The molecule has 2 aromatic rings. The molecule has 0 unspecified atom stereocenters. The second kappa shape index (κ2) is 13.5. The topological polar surface area (TPSA) is 91.8 Å². The molecule has 0 aliphatic rings. The zero-order valence-electron chi connectivity index (χ0n) is 16.7. The largest absolute Gasteiger partial charge is 0.383 e. The minimum absolute atomic E-state index is 0.